The lowest BCUT2D eigenvalue weighted by molar-refractivity contribution is -0.384. The molecule has 0 aliphatic heterocycles. The van der Waals surface area contributed by atoms with Crippen LogP contribution < -0.4 is 10.7 Å². The van der Waals surface area contributed by atoms with E-state index in [1.807, 2.05) is 6.07 Å². The summed E-state index contributed by atoms with van der Waals surface area (Å²) in [5, 5.41) is 17.2. The molecule has 0 saturated heterocycles. The number of nitrogens with zero attached hydrogens (tertiary/aromatic N) is 2. The van der Waals surface area contributed by atoms with Gasteiger partial charge >= 0.3 is 0 Å². The molecule has 0 fully saturated rings. The van der Waals surface area contributed by atoms with Crippen molar-refractivity contribution in [3.63, 3.8) is 0 Å². The summed E-state index contributed by atoms with van der Waals surface area (Å²) in [4.78, 5) is 33.6. The van der Waals surface area contributed by atoms with Crippen LogP contribution in [0.15, 0.2) is 53.6 Å². The fourth-order valence-corrected chi connectivity index (χ4v) is 2.14. The van der Waals surface area contributed by atoms with Crippen LogP contribution in [0.2, 0.25) is 5.02 Å². The molecule has 0 heterocycles. The van der Waals surface area contributed by atoms with Gasteiger partial charge in [0.05, 0.1) is 11.1 Å². The predicted molar refractivity (Wildman–Crippen MR) is 98.1 cm³/mol. The minimum Gasteiger partial charge on any atom is -0.326 e. The molecule has 0 unspecified atom stereocenters. The lowest BCUT2D eigenvalue weighted by Crippen LogP contribution is -2.20. The molecular formula is C17H15ClN4O4. The molecule has 0 radical (unpaired) electrons. The van der Waals surface area contributed by atoms with Crippen LogP contribution in [0.3, 0.4) is 0 Å². The van der Waals surface area contributed by atoms with Crippen LogP contribution in [0.4, 0.5) is 11.4 Å². The van der Waals surface area contributed by atoms with Gasteiger partial charge in [-0.2, -0.15) is 5.10 Å². The van der Waals surface area contributed by atoms with Crippen molar-refractivity contribution < 1.29 is 14.5 Å². The minimum absolute atomic E-state index is 0.00264. The molecule has 0 atom stereocenters. The molecule has 134 valence electrons. The normalized spacial score (nSPS) is 10.5. The van der Waals surface area contributed by atoms with Crippen LogP contribution in [-0.4, -0.2) is 23.0 Å². The average molecular weight is 375 g/mol. The Morgan fingerprint density at radius 1 is 1.12 bits per heavy atom. The maximum Gasteiger partial charge on any atom is 0.288 e. The van der Waals surface area contributed by atoms with Crippen molar-refractivity contribution in [3.8, 4) is 0 Å². The number of nitro benzene ring substituents is 1. The van der Waals surface area contributed by atoms with Crippen molar-refractivity contribution in [2.75, 3.05) is 5.32 Å². The molecular weight excluding hydrogens is 360 g/mol. The lowest BCUT2D eigenvalue weighted by Gasteiger charge is -2.04. The average Bonchev–Trinajstić information content (AvgIpc) is 2.62. The Morgan fingerprint density at radius 2 is 1.81 bits per heavy atom. The molecule has 0 aliphatic carbocycles. The first-order chi connectivity index (χ1) is 12.5. The fraction of sp³-hybridized carbons (Fsp3) is 0.118. The molecule has 0 aliphatic rings. The molecule has 2 amide bonds. The Kier molecular flexibility index (Phi) is 6.81. The van der Waals surface area contributed by atoms with Crippen LogP contribution in [0.25, 0.3) is 0 Å². The Hall–Kier alpha value is -3.26. The number of rotatable bonds is 7. The number of carbonyl (C=O) groups is 2. The monoisotopic (exact) mass is 374 g/mol. The number of hydrogen-bond acceptors (Lipinski definition) is 5. The van der Waals surface area contributed by atoms with E-state index in [1.54, 1.807) is 24.3 Å². The van der Waals surface area contributed by atoms with Gasteiger partial charge in [0.15, 0.2) is 0 Å². The van der Waals surface area contributed by atoms with E-state index < -0.39 is 10.8 Å². The number of nitrogens with one attached hydrogen (secondary N) is 2. The number of amides is 2. The van der Waals surface area contributed by atoms with Gasteiger partial charge < -0.3 is 5.32 Å². The number of hydrazone groups is 1. The second kappa shape index (κ2) is 9.28. The highest BCUT2D eigenvalue weighted by atomic mass is 35.5. The summed E-state index contributed by atoms with van der Waals surface area (Å²) in [7, 11) is 0. The van der Waals surface area contributed by atoms with Gasteiger partial charge in [-0.25, -0.2) is 5.43 Å². The second-order valence-electron chi connectivity index (χ2n) is 5.18. The smallest absolute Gasteiger partial charge is 0.288 e. The maximum absolute atomic E-state index is 11.7. The molecule has 2 aromatic rings. The number of benzene rings is 2. The third kappa shape index (κ3) is 5.99. The molecule has 0 saturated carbocycles. The quantitative estimate of drug-likeness (QED) is 0.440. The van der Waals surface area contributed by atoms with Crippen LogP contribution in [-0.2, 0) is 9.59 Å². The van der Waals surface area contributed by atoms with Crippen LogP contribution in [0.1, 0.15) is 18.4 Å². The summed E-state index contributed by atoms with van der Waals surface area (Å²) < 4.78 is 0. The highest BCUT2D eigenvalue weighted by Gasteiger charge is 2.12. The van der Waals surface area contributed by atoms with Crippen molar-refractivity contribution in [3.05, 3.63) is 69.2 Å². The molecule has 9 heteroatoms. The van der Waals surface area contributed by atoms with E-state index in [2.05, 4.69) is 15.8 Å². The number of para-hydroxylation sites is 1. The van der Waals surface area contributed by atoms with Crippen molar-refractivity contribution in [1.29, 1.82) is 0 Å². The third-order valence-corrected chi connectivity index (χ3v) is 3.53. The zero-order valence-electron chi connectivity index (χ0n) is 13.5. The largest absolute Gasteiger partial charge is 0.326 e. The Bertz CT molecular complexity index is 840. The van der Waals surface area contributed by atoms with Gasteiger partial charge in [0.1, 0.15) is 5.02 Å². The van der Waals surface area contributed by atoms with Crippen molar-refractivity contribution in [2.45, 2.75) is 12.8 Å². The van der Waals surface area contributed by atoms with Crippen LogP contribution >= 0.6 is 11.6 Å². The van der Waals surface area contributed by atoms with E-state index in [9.17, 15) is 19.7 Å². The standard InChI is InChI=1S/C17H15ClN4O4/c18-14-7-6-12(10-15(14)22(25)26)11-19-21-17(24)9-8-16(23)20-13-4-2-1-3-5-13/h1-7,10-11H,8-9H2,(H,20,23)(H,21,24). The highest BCUT2D eigenvalue weighted by Crippen LogP contribution is 2.24. The summed E-state index contributed by atoms with van der Waals surface area (Å²) in [5.41, 5.74) is 3.07. The zero-order chi connectivity index (χ0) is 18.9. The lowest BCUT2D eigenvalue weighted by atomic mass is 10.2. The first-order valence-corrected chi connectivity index (χ1v) is 7.94. The molecule has 0 aromatic heterocycles. The van der Waals surface area contributed by atoms with Gasteiger partial charge in [-0.15, -0.1) is 0 Å². The van der Waals surface area contributed by atoms with E-state index >= 15 is 0 Å². The van der Waals surface area contributed by atoms with E-state index in [0.717, 1.165) is 0 Å². The number of hydrogen-bond donors (Lipinski definition) is 2. The van der Waals surface area contributed by atoms with Gasteiger partial charge in [0.25, 0.3) is 5.69 Å². The third-order valence-electron chi connectivity index (χ3n) is 3.21. The van der Waals surface area contributed by atoms with Gasteiger partial charge in [-0.3, -0.25) is 19.7 Å². The van der Waals surface area contributed by atoms with Crippen LogP contribution in [0.5, 0.6) is 0 Å². The number of halogens is 1. The highest BCUT2D eigenvalue weighted by molar-refractivity contribution is 6.32. The molecule has 0 bridgehead atoms. The van der Waals surface area contributed by atoms with Crippen molar-refractivity contribution in [2.24, 2.45) is 5.10 Å². The predicted octanol–water partition coefficient (Wildman–Crippen LogP) is 3.12. The zero-order valence-corrected chi connectivity index (χ0v) is 14.3. The summed E-state index contributed by atoms with van der Waals surface area (Å²) in [6.07, 6.45) is 1.21. The van der Waals surface area contributed by atoms with Crippen molar-refractivity contribution >= 4 is 41.0 Å². The van der Waals surface area contributed by atoms with Crippen molar-refractivity contribution in [1.82, 2.24) is 5.43 Å². The topological polar surface area (TPSA) is 114 Å². The first-order valence-electron chi connectivity index (χ1n) is 7.56. The fourth-order valence-electron chi connectivity index (χ4n) is 1.96. The minimum atomic E-state index is -0.608. The molecule has 0 spiro atoms. The Balaban J connectivity index is 1.79. The van der Waals surface area contributed by atoms with E-state index in [-0.39, 0.29) is 29.5 Å². The molecule has 2 rings (SSSR count). The number of carbonyl (C=O) groups excluding carboxylic acids is 2. The maximum atomic E-state index is 11.7. The molecule has 8 nitrogen and oxygen atoms in total. The summed E-state index contributed by atoms with van der Waals surface area (Å²) in [5.74, 6) is -0.739. The SMILES string of the molecule is O=C(CCC(=O)Nc1ccccc1)NN=Cc1ccc(Cl)c([N+](=O)[O-])c1. The summed E-state index contributed by atoms with van der Waals surface area (Å²) >= 11 is 5.71. The summed E-state index contributed by atoms with van der Waals surface area (Å²) in [6, 6.07) is 13.0. The first kappa shape index (κ1) is 19.1. The summed E-state index contributed by atoms with van der Waals surface area (Å²) in [6.45, 7) is 0. The number of nitro groups is 1. The Labute approximate surface area is 154 Å². The van der Waals surface area contributed by atoms with E-state index in [4.69, 9.17) is 11.6 Å². The molecule has 26 heavy (non-hydrogen) atoms. The van der Waals surface area contributed by atoms with E-state index in [0.29, 0.717) is 11.3 Å². The van der Waals surface area contributed by atoms with Gasteiger partial charge in [0, 0.05) is 30.2 Å². The van der Waals surface area contributed by atoms with Gasteiger partial charge in [-0.1, -0.05) is 35.9 Å². The van der Waals surface area contributed by atoms with Gasteiger partial charge in [0.2, 0.25) is 11.8 Å². The number of anilines is 1. The van der Waals surface area contributed by atoms with Crippen LogP contribution in [0, 0.1) is 10.1 Å². The second-order valence-corrected chi connectivity index (χ2v) is 5.58. The molecule has 2 N–H and O–H groups in total. The molecule has 2 aromatic carbocycles. The van der Waals surface area contributed by atoms with E-state index in [1.165, 1.54) is 24.4 Å². The Morgan fingerprint density at radius 3 is 2.50 bits per heavy atom. The van der Waals surface area contributed by atoms with Gasteiger partial charge in [-0.05, 0) is 18.2 Å².